The Morgan fingerprint density at radius 3 is 2.52 bits per heavy atom. The lowest BCUT2D eigenvalue weighted by molar-refractivity contribution is 0.236. The smallest absolute Gasteiger partial charge is 0.261 e. The van der Waals surface area contributed by atoms with Gasteiger partial charge in [-0.3, -0.25) is 0 Å². The summed E-state index contributed by atoms with van der Waals surface area (Å²) in [6.07, 6.45) is 6.99. The molecule has 0 aliphatic heterocycles. The van der Waals surface area contributed by atoms with Crippen LogP contribution in [0.1, 0.15) is 46.0 Å². The lowest BCUT2D eigenvalue weighted by atomic mass is 9.79. The summed E-state index contributed by atoms with van der Waals surface area (Å²) in [5.41, 5.74) is 0.0858. The highest BCUT2D eigenvalue weighted by Crippen LogP contribution is 2.42. The number of halogens is 1. The fourth-order valence-corrected chi connectivity index (χ4v) is 4.92. The predicted molar refractivity (Wildman–Crippen MR) is 83.8 cm³/mol. The van der Waals surface area contributed by atoms with Crippen LogP contribution in [-0.2, 0) is 17.1 Å². The summed E-state index contributed by atoms with van der Waals surface area (Å²) in [7, 11) is -1.97. The van der Waals surface area contributed by atoms with E-state index in [9.17, 15) is 8.42 Å². The molecule has 1 heterocycles. The van der Waals surface area contributed by atoms with Gasteiger partial charge in [0.2, 0.25) is 5.03 Å². The van der Waals surface area contributed by atoms with Crippen LogP contribution in [0, 0.1) is 11.3 Å². The Morgan fingerprint density at radius 2 is 2.05 bits per heavy atom. The van der Waals surface area contributed by atoms with Gasteiger partial charge >= 0.3 is 0 Å². The van der Waals surface area contributed by atoms with Crippen molar-refractivity contribution >= 4 is 21.6 Å². The fraction of sp³-hybridized carbons (Fsp3) is 0.786. The van der Waals surface area contributed by atoms with Gasteiger partial charge in [-0.2, -0.15) is 0 Å². The van der Waals surface area contributed by atoms with E-state index in [1.165, 1.54) is 23.7 Å². The minimum atomic E-state index is -3.65. The highest BCUT2D eigenvalue weighted by molar-refractivity contribution is 7.89. The van der Waals surface area contributed by atoms with Crippen molar-refractivity contribution in [2.75, 3.05) is 6.54 Å². The highest BCUT2D eigenvalue weighted by Gasteiger charge is 2.36. The molecule has 120 valence electrons. The van der Waals surface area contributed by atoms with E-state index < -0.39 is 10.0 Å². The van der Waals surface area contributed by atoms with Gasteiger partial charge in [0.1, 0.15) is 5.15 Å². The first-order valence-electron chi connectivity index (χ1n) is 7.42. The number of nitrogens with one attached hydrogen (secondary N) is 1. The Labute approximate surface area is 132 Å². The zero-order chi connectivity index (χ0) is 15.7. The summed E-state index contributed by atoms with van der Waals surface area (Å²) in [6, 6.07) is 0. The number of hydrogen-bond donors (Lipinski definition) is 1. The van der Waals surface area contributed by atoms with Crippen molar-refractivity contribution in [2.24, 2.45) is 18.4 Å². The Bertz CT molecular complexity index is 589. The number of aryl methyl sites for hydroxylation is 1. The second kappa shape index (κ2) is 6.26. The second-order valence-corrected chi connectivity index (χ2v) is 8.62. The topological polar surface area (TPSA) is 64.0 Å². The predicted octanol–water partition coefficient (Wildman–Crippen LogP) is 2.96. The fourth-order valence-electron chi connectivity index (χ4n) is 3.33. The monoisotopic (exact) mass is 333 g/mol. The maximum absolute atomic E-state index is 12.4. The number of sulfonamides is 1. The Balaban J connectivity index is 2.12. The van der Waals surface area contributed by atoms with Crippen molar-refractivity contribution in [1.29, 1.82) is 0 Å². The first-order valence-corrected chi connectivity index (χ1v) is 9.28. The number of nitrogens with zero attached hydrogens (tertiary/aromatic N) is 2. The van der Waals surface area contributed by atoms with Crippen LogP contribution in [0.5, 0.6) is 0 Å². The Kier molecular flexibility index (Phi) is 5.00. The summed E-state index contributed by atoms with van der Waals surface area (Å²) >= 11 is 5.99. The molecule has 0 aromatic carbocycles. The van der Waals surface area contributed by atoms with Gasteiger partial charge in [0.15, 0.2) is 0 Å². The summed E-state index contributed by atoms with van der Waals surface area (Å²) < 4.78 is 29.0. The molecule has 1 saturated carbocycles. The minimum absolute atomic E-state index is 0.0793. The highest BCUT2D eigenvalue weighted by atomic mass is 35.5. The lowest BCUT2D eigenvalue weighted by Gasteiger charge is -2.31. The molecule has 5 nitrogen and oxygen atoms in total. The van der Waals surface area contributed by atoms with E-state index in [4.69, 9.17) is 11.6 Å². The van der Waals surface area contributed by atoms with Crippen LogP contribution in [0.2, 0.25) is 5.15 Å². The molecule has 21 heavy (non-hydrogen) atoms. The van der Waals surface area contributed by atoms with Crippen LogP contribution >= 0.6 is 11.6 Å². The number of aromatic nitrogens is 2. The van der Waals surface area contributed by atoms with Crippen LogP contribution in [0.25, 0.3) is 0 Å². The first-order chi connectivity index (χ1) is 9.76. The van der Waals surface area contributed by atoms with Crippen LogP contribution in [0.3, 0.4) is 0 Å². The summed E-state index contributed by atoms with van der Waals surface area (Å²) in [6.45, 7) is 4.84. The summed E-state index contributed by atoms with van der Waals surface area (Å²) in [5.74, 6) is 0.561. The molecule has 7 heteroatoms. The minimum Gasteiger partial charge on any atom is -0.324 e. The summed E-state index contributed by atoms with van der Waals surface area (Å²) in [5, 5.41) is 0.0659. The van der Waals surface area contributed by atoms with Crippen LogP contribution in [-0.4, -0.2) is 24.5 Å². The third-order valence-corrected chi connectivity index (χ3v) is 6.12. The van der Waals surface area contributed by atoms with Crippen LogP contribution < -0.4 is 4.72 Å². The van der Waals surface area contributed by atoms with E-state index >= 15 is 0 Å². The Hall–Kier alpha value is -0.590. The molecule has 1 aromatic heterocycles. The molecule has 0 unspecified atom stereocenters. The molecule has 0 amide bonds. The Morgan fingerprint density at radius 1 is 1.43 bits per heavy atom. The van der Waals surface area contributed by atoms with Crippen LogP contribution in [0.15, 0.2) is 11.4 Å². The van der Waals surface area contributed by atoms with Gasteiger partial charge in [0, 0.05) is 13.6 Å². The van der Waals surface area contributed by atoms with Gasteiger partial charge in [0.05, 0.1) is 6.33 Å². The lowest BCUT2D eigenvalue weighted by Crippen LogP contribution is -2.37. The van der Waals surface area contributed by atoms with Gasteiger partial charge in [-0.05, 0) is 30.6 Å². The molecule has 0 atom stereocenters. The van der Waals surface area contributed by atoms with Crippen molar-refractivity contribution in [3.8, 4) is 0 Å². The molecule has 0 radical (unpaired) electrons. The average molecular weight is 334 g/mol. The van der Waals surface area contributed by atoms with E-state index in [1.54, 1.807) is 7.05 Å². The number of hydrogen-bond acceptors (Lipinski definition) is 3. The molecule has 1 fully saturated rings. The van der Waals surface area contributed by atoms with Gasteiger partial charge < -0.3 is 4.57 Å². The van der Waals surface area contributed by atoms with Crippen molar-refractivity contribution in [1.82, 2.24) is 14.3 Å². The quantitative estimate of drug-likeness (QED) is 0.870. The second-order valence-electron chi connectivity index (χ2n) is 6.58. The van der Waals surface area contributed by atoms with Gasteiger partial charge in [-0.1, -0.05) is 38.3 Å². The molecular weight excluding hydrogens is 310 g/mol. The summed E-state index contributed by atoms with van der Waals surface area (Å²) in [4.78, 5) is 3.90. The molecule has 1 N–H and O–H groups in total. The van der Waals surface area contributed by atoms with E-state index in [0.29, 0.717) is 12.5 Å². The first kappa shape index (κ1) is 16.8. The largest absolute Gasteiger partial charge is 0.324 e. The molecule has 1 aliphatic rings. The van der Waals surface area contributed by atoms with E-state index in [-0.39, 0.29) is 15.6 Å². The molecule has 2 rings (SSSR count). The SMILES string of the molecule is CC(C)CC1(CNS(=O)(=O)c2ncn(C)c2Cl)CCCC1. The number of imidazole rings is 1. The van der Waals surface area contributed by atoms with E-state index in [1.807, 2.05) is 0 Å². The standard InChI is InChI=1S/C14H24ClN3O2S/c1-11(2)8-14(6-4-5-7-14)9-17-21(19,20)13-12(15)18(3)10-16-13/h10-11,17H,4-9H2,1-3H3. The normalized spacial score (nSPS) is 18.5. The van der Waals surface area contributed by atoms with Gasteiger partial charge in [-0.25, -0.2) is 18.1 Å². The van der Waals surface area contributed by atoms with Crippen molar-refractivity contribution in [3.05, 3.63) is 11.5 Å². The molecule has 1 aliphatic carbocycles. The average Bonchev–Trinajstić information content (AvgIpc) is 2.96. The van der Waals surface area contributed by atoms with Crippen molar-refractivity contribution in [2.45, 2.75) is 51.0 Å². The van der Waals surface area contributed by atoms with Crippen LogP contribution in [0.4, 0.5) is 0 Å². The molecule has 0 spiro atoms. The zero-order valence-corrected chi connectivity index (χ0v) is 14.5. The molecule has 0 bridgehead atoms. The third kappa shape index (κ3) is 3.79. The maximum atomic E-state index is 12.4. The molecule has 1 aromatic rings. The third-order valence-electron chi connectivity index (χ3n) is 4.23. The molecular formula is C14H24ClN3O2S. The van der Waals surface area contributed by atoms with E-state index in [0.717, 1.165) is 19.3 Å². The number of rotatable bonds is 6. The van der Waals surface area contributed by atoms with Crippen molar-refractivity contribution in [3.63, 3.8) is 0 Å². The zero-order valence-electron chi connectivity index (χ0n) is 12.9. The van der Waals surface area contributed by atoms with Gasteiger partial charge in [-0.15, -0.1) is 0 Å². The maximum Gasteiger partial charge on any atom is 0.261 e. The molecule has 0 saturated heterocycles. The van der Waals surface area contributed by atoms with Gasteiger partial charge in [0.25, 0.3) is 10.0 Å². The van der Waals surface area contributed by atoms with Crippen molar-refractivity contribution < 1.29 is 8.42 Å². The van der Waals surface area contributed by atoms with E-state index in [2.05, 4.69) is 23.6 Å².